The quantitative estimate of drug-likeness (QED) is 0.0904. The molecule has 288 valence electrons. The molecule has 4 aromatic carbocycles. The standard InChI is InChI=1S/C23H22N4O.C22H20N4O.CH3I/c1-27(2)23-20-14-18(17-6-3-5-16(13-17)10-12-28)8-9-21(20)25-22(26-23)19-7-4-11-24-15-19;1-23-22-19-13-17(16-5-2-4-15(12-16)9-11-27)7-8-20(19)25-21(26-22)18-6-3-10-24-14-18;1-2/h3-9,11,13-15,28H,10,12H2,1-2H3;2-8,10,12-14,27H,9,11H2,1H3,(H,23,25,26);1H3. The van der Waals surface area contributed by atoms with Gasteiger partial charge in [0, 0.05) is 81.0 Å². The maximum Gasteiger partial charge on any atom is 0.163 e. The van der Waals surface area contributed by atoms with Crippen molar-refractivity contribution in [2.45, 2.75) is 12.8 Å². The molecule has 0 bridgehead atoms. The lowest BCUT2D eigenvalue weighted by molar-refractivity contribution is 0.299. The number of fused-ring (bicyclic) bond motifs is 2. The van der Waals surface area contributed by atoms with Crippen LogP contribution in [-0.4, -0.2) is 79.4 Å². The number of alkyl halides is 1. The fourth-order valence-corrected chi connectivity index (χ4v) is 6.45. The number of aromatic nitrogens is 6. The van der Waals surface area contributed by atoms with Crippen LogP contribution in [0, 0.1) is 0 Å². The van der Waals surface area contributed by atoms with E-state index in [1.807, 2.05) is 91.6 Å². The first-order chi connectivity index (χ1) is 27.9. The Morgan fingerprint density at radius 1 is 0.544 bits per heavy atom. The number of anilines is 2. The van der Waals surface area contributed by atoms with Gasteiger partial charge in [0.25, 0.3) is 0 Å². The second-order valence-electron chi connectivity index (χ2n) is 13.2. The van der Waals surface area contributed by atoms with Crippen LogP contribution in [0.5, 0.6) is 0 Å². The molecule has 10 nitrogen and oxygen atoms in total. The van der Waals surface area contributed by atoms with Crippen LogP contribution in [0.2, 0.25) is 0 Å². The first-order valence-electron chi connectivity index (χ1n) is 18.5. The number of nitrogens with zero attached hydrogens (tertiary/aromatic N) is 7. The SMILES string of the molecule is CI.CN(C)c1nc(-c2cccnc2)nc2ccc(-c3cccc(CCO)c3)cc12.CNc1nc(-c2cccnc2)nc2ccc(-c3cccc(CCO)c3)cc12. The third-order valence-electron chi connectivity index (χ3n) is 9.19. The zero-order chi connectivity index (χ0) is 40.1. The van der Waals surface area contributed by atoms with Crippen molar-refractivity contribution >= 4 is 56.0 Å². The molecule has 0 atom stereocenters. The van der Waals surface area contributed by atoms with Gasteiger partial charge in [-0.1, -0.05) is 83.3 Å². The predicted octanol–water partition coefficient (Wildman–Crippen LogP) is 8.95. The minimum absolute atomic E-state index is 0.149. The van der Waals surface area contributed by atoms with Gasteiger partial charge in [-0.25, -0.2) is 19.9 Å². The van der Waals surface area contributed by atoms with E-state index in [1.54, 1.807) is 24.8 Å². The first kappa shape index (κ1) is 40.8. The monoisotopic (exact) mass is 868 g/mol. The summed E-state index contributed by atoms with van der Waals surface area (Å²) in [7, 11) is 5.84. The van der Waals surface area contributed by atoms with Crippen molar-refractivity contribution < 1.29 is 10.2 Å². The summed E-state index contributed by atoms with van der Waals surface area (Å²) in [6.45, 7) is 0.299. The third kappa shape index (κ3) is 9.92. The van der Waals surface area contributed by atoms with Crippen LogP contribution in [0.15, 0.2) is 134 Å². The fraction of sp³-hybridized carbons (Fsp3) is 0.174. The molecule has 0 saturated heterocycles. The molecule has 0 spiro atoms. The molecule has 4 heterocycles. The van der Waals surface area contributed by atoms with Crippen LogP contribution in [0.1, 0.15) is 11.1 Å². The average molecular weight is 869 g/mol. The third-order valence-corrected chi connectivity index (χ3v) is 9.19. The molecule has 0 amide bonds. The summed E-state index contributed by atoms with van der Waals surface area (Å²) in [5.74, 6) is 2.98. The summed E-state index contributed by atoms with van der Waals surface area (Å²) in [4.78, 5) is 31.3. The normalized spacial score (nSPS) is 10.6. The molecule has 11 heteroatoms. The average Bonchev–Trinajstić information content (AvgIpc) is 3.27. The van der Waals surface area contributed by atoms with Gasteiger partial charge in [0.2, 0.25) is 0 Å². The maximum atomic E-state index is 9.21. The number of halogens is 1. The van der Waals surface area contributed by atoms with Crippen molar-refractivity contribution in [2.24, 2.45) is 0 Å². The van der Waals surface area contributed by atoms with Crippen LogP contribution < -0.4 is 10.2 Å². The molecule has 8 aromatic rings. The Balaban J connectivity index is 0.000000185. The van der Waals surface area contributed by atoms with Crippen LogP contribution in [0.3, 0.4) is 0 Å². The highest BCUT2D eigenvalue weighted by Crippen LogP contribution is 2.32. The molecule has 0 aliphatic rings. The number of pyridine rings is 2. The van der Waals surface area contributed by atoms with Gasteiger partial charge in [-0.15, -0.1) is 0 Å². The lowest BCUT2D eigenvalue weighted by atomic mass is 10.00. The van der Waals surface area contributed by atoms with Gasteiger partial charge < -0.3 is 20.4 Å². The smallest absolute Gasteiger partial charge is 0.163 e. The molecule has 4 aromatic heterocycles. The number of aliphatic hydroxyl groups is 2. The zero-order valence-corrected chi connectivity index (χ0v) is 34.6. The van der Waals surface area contributed by atoms with Gasteiger partial charge in [-0.3, -0.25) is 9.97 Å². The van der Waals surface area contributed by atoms with Crippen molar-refractivity contribution in [2.75, 3.05) is 49.5 Å². The summed E-state index contributed by atoms with van der Waals surface area (Å²) in [6, 6.07) is 36.6. The first-order valence-corrected chi connectivity index (χ1v) is 20.7. The number of hydrogen-bond donors (Lipinski definition) is 3. The van der Waals surface area contributed by atoms with Gasteiger partial charge in [0.05, 0.1) is 11.0 Å². The minimum atomic E-state index is 0.149. The van der Waals surface area contributed by atoms with Crippen molar-refractivity contribution in [1.29, 1.82) is 0 Å². The van der Waals surface area contributed by atoms with E-state index in [1.165, 1.54) is 0 Å². The number of hydrogen-bond acceptors (Lipinski definition) is 10. The molecular formula is C46H45IN8O2. The Morgan fingerprint density at radius 2 is 1.02 bits per heavy atom. The largest absolute Gasteiger partial charge is 0.396 e. The van der Waals surface area contributed by atoms with E-state index in [0.717, 1.165) is 77.9 Å². The van der Waals surface area contributed by atoms with Crippen molar-refractivity contribution in [3.05, 3.63) is 145 Å². The summed E-state index contributed by atoms with van der Waals surface area (Å²) in [6.07, 6.45) is 8.33. The second-order valence-corrected chi connectivity index (χ2v) is 13.2. The van der Waals surface area contributed by atoms with Crippen molar-refractivity contribution in [1.82, 2.24) is 29.9 Å². The molecule has 0 unspecified atom stereocenters. The van der Waals surface area contributed by atoms with Gasteiger partial charge in [-0.2, -0.15) is 0 Å². The second kappa shape index (κ2) is 19.8. The molecule has 3 N–H and O–H groups in total. The topological polar surface area (TPSA) is 133 Å². The Hall–Kier alpha value is -5.89. The van der Waals surface area contributed by atoms with Crippen LogP contribution in [-0.2, 0) is 12.8 Å². The molecule has 8 rings (SSSR count). The molecular weight excluding hydrogens is 823 g/mol. The van der Waals surface area contributed by atoms with E-state index in [9.17, 15) is 10.2 Å². The number of aliphatic hydroxyl groups excluding tert-OH is 2. The Kier molecular flexibility index (Phi) is 14.2. The predicted molar refractivity (Wildman–Crippen MR) is 242 cm³/mol. The van der Waals surface area contributed by atoms with E-state index in [-0.39, 0.29) is 13.2 Å². The summed E-state index contributed by atoms with van der Waals surface area (Å²) < 4.78 is 0. The highest BCUT2D eigenvalue weighted by Gasteiger charge is 2.14. The number of rotatable bonds is 10. The Labute approximate surface area is 346 Å². The minimum Gasteiger partial charge on any atom is -0.396 e. The number of benzene rings is 4. The van der Waals surface area contributed by atoms with E-state index in [2.05, 4.69) is 91.4 Å². The summed E-state index contributed by atoms with van der Waals surface area (Å²) in [5, 5.41) is 23.6. The summed E-state index contributed by atoms with van der Waals surface area (Å²) in [5.41, 5.74) is 10.2. The van der Waals surface area contributed by atoms with Crippen LogP contribution in [0.25, 0.3) is 66.8 Å². The Morgan fingerprint density at radius 3 is 1.49 bits per heavy atom. The van der Waals surface area contributed by atoms with Gasteiger partial charge in [-0.05, 0) is 99.7 Å². The van der Waals surface area contributed by atoms with Crippen LogP contribution in [0.4, 0.5) is 11.6 Å². The van der Waals surface area contributed by atoms with E-state index in [4.69, 9.17) is 15.0 Å². The van der Waals surface area contributed by atoms with E-state index in [0.29, 0.717) is 24.5 Å². The van der Waals surface area contributed by atoms with Crippen molar-refractivity contribution in [3.8, 4) is 45.0 Å². The van der Waals surface area contributed by atoms with Gasteiger partial charge >= 0.3 is 0 Å². The molecule has 0 aliphatic carbocycles. The van der Waals surface area contributed by atoms with Gasteiger partial charge in [0.15, 0.2) is 11.6 Å². The molecule has 57 heavy (non-hydrogen) atoms. The zero-order valence-electron chi connectivity index (χ0n) is 32.4. The number of nitrogens with one attached hydrogen (secondary N) is 1. The van der Waals surface area contributed by atoms with Gasteiger partial charge in [0.1, 0.15) is 11.6 Å². The lowest BCUT2D eigenvalue weighted by Gasteiger charge is -2.16. The van der Waals surface area contributed by atoms with E-state index < -0.39 is 0 Å². The molecule has 0 aliphatic heterocycles. The van der Waals surface area contributed by atoms with Crippen molar-refractivity contribution in [3.63, 3.8) is 0 Å². The molecule has 0 radical (unpaired) electrons. The Bertz CT molecular complexity index is 2550. The van der Waals surface area contributed by atoms with Crippen LogP contribution >= 0.6 is 22.6 Å². The fourth-order valence-electron chi connectivity index (χ4n) is 6.45. The lowest BCUT2D eigenvalue weighted by Crippen LogP contribution is -2.12. The molecule has 0 fully saturated rings. The molecule has 0 saturated carbocycles. The van der Waals surface area contributed by atoms with E-state index >= 15 is 0 Å². The maximum absolute atomic E-state index is 9.21. The summed E-state index contributed by atoms with van der Waals surface area (Å²) >= 11 is 2.15. The highest BCUT2D eigenvalue weighted by molar-refractivity contribution is 14.1. The highest BCUT2D eigenvalue weighted by atomic mass is 127.